The van der Waals surface area contributed by atoms with Crippen molar-refractivity contribution in [2.45, 2.75) is 19.3 Å². The Morgan fingerprint density at radius 1 is 1.14 bits per heavy atom. The van der Waals surface area contributed by atoms with Crippen LogP contribution in [0.5, 0.6) is 0 Å². The molecule has 0 unspecified atom stereocenters. The number of rotatable bonds is 10. The van der Waals surface area contributed by atoms with E-state index in [9.17, 15) is 0 Å². The van der Waals surface area contributed by atoms with E-state index in [2.05, 4.69) is 20.5 Å². The zero-order valence-electron chi connectivity index (χ0n) is 16.8. The van der Waals surface area contributed by atoms with Crippen LogP contribution in [-0.4, -0.2) is 68.3 Å². The number of hydrogen-bond donors (Lipinski definition) is 2. The molecule has 29 heavy (non-hydrogen) atoms. The average Bonchev–Trinajstić information content (AvgIpc) is 3.26. The molecule has 1 aliphatic heterocycles. The second-order valence-corrected chi connectivity index (χ2v) is 7.35. The van der Waals surface area contributed by atoms with Crippen molar-refractivity contribution in [3.05, 3.63) is 53.2 Å². The van der Waals surface area contributed by atoms with Crippen molar-refractivity contribution >= 4 is 17.6 Å². The minimum Gasteiger partial charge on any atom is -0.469 e. The fourth-order valence-corrected chi connectivity index (χ4v) is 3.23. The van der Waals surface area contributed by atoms with Gasteiger partial charge < -0.3 is 19.8 Å². The quantitative estimate of drug-likeness (QED) is 0.266. The molecule has 2 aromatic rings. The molecule has 3 heterocycles. The van der Waals surface area contributed by atoms with E-state index in [0.29, 0.717) is 5.15 Å². The van der Waals surface area contributed by atoms with Gasteiger partial charge in [0.15, 0.2) is 5.96 Å². The summed E-state index contributed by atoms with van der Waals surface area (Å²) < 4.78 is 10.8. The molecule has 0 amide bonds. The molecule has 0 saturated carbocycles. The second kappa shape index (κ2) is 12.5. The molecular formula is C21H30ClN5O2. The van der Waals surface area contributed by atoms with Gasteiger partial charge in [0.05, 0.1) is 19.5 Å². The maximum atomic E-state index is 5.85. The number of aliphatic imine (C=N–C) groups is 1. The molecular weight excluding hydrogens is 390 g/mol. The largest absolute Gasteiger partial charge is 0.469 e. The van der Waals surface area contributed by atoms with E-state index in [0.717, 1.165) is 89.0 Å². The predicted octanol–water partition coefficient (Wildman–Crippen LogP) is 2.37. The molecule has 8 heteroatoms. The predicted molar refractivity (Wildman–Crippen MR) is 116 cm³/mol. The molecule has 158 valence electrons. The summed E-state index contributed by atoms with van der Waals surface area (Å²) in [7, 11) is 0. The van der Waals surface area contributed by atoms with Gasteiger partial charge in [0, 0.05) is 51.9 Å². The van der Waals surface area contributed by atoms with Crippen molar-refractivity contribution in [3.8, 4) is 0 Å². The monoisotopic (exact) mass is 419 g/mol. The molecule has 0 atom stereocenters. The summed E-state index contributed by atoms with van der Waals surface area (Å²) in [6, 6.07) is 7.72. The van der Waals surface area contributed by atoms with Crippen molar-refractivity contribution in [1.82, 2.24) is 20.5 Å². The highest BCUT2D eigenvalue weighted by Gasteiger charge is 2.09. The zero-order valence-corrected chi connectivity index (χ0v) is 17.5. The maximum Gasteiger partial charge on any atom is 0.191 e. The van der Waals surface area contributed by atoms with Crippen LogP contribution in [0.4, 0.5) is 0 Å². The lowest BCUT2D eigenvalue weighted by Crippen LogP contribution is -2.40. The number of nitrogens with zero attached hydrogens (tertiary/aromatic N) is 3. The van der Waals surface area contributed by atoms with Gasteiger partial charge in [-0.25, -0.2) is 4.98 Å². The standard InChI is InChI=1S/C21H30ClN5O2/c22-20-5-4-18(17-26-20)6-9-24-21(25-10-7-19-3-1-14-29-19)23-8-2-11-27-12-15-28-16-13-27/h1,3-5,14,17H,2,6-13,15-16H2,(H2,23,24,25). The maximum absolute atomic E-state index is 5.85. The van der Waals surface area contributed by atoms with Crippen LogP contribution in [0.2, 0.25) is 5.15 Å². The van der Waals surface area contributed by atoms with E-state index in [1.807, 2.05) is 30.5 Å². The van der Waals surface area contributed by atoms with Crippen LogP contribution in [-0.2, 0) is 17.6 Å². The summed E-state index contributed by atoms with van der Waals surface area (Å²) in [5, 5.41) is 7.33. The number of ether oxygens (including phenoxy) is 1. The molecule has 2 N–H and O–H groups in total. The van der Waals surface area contributed by atoms with Gasteiger partial charge in [0.1, 0.15) is 10.9 Å². The number of guanidine groups is 1. The number of aromatic nitrogens is 1. The molecule has 1 aliphatic rings. The van der Waals surface area contributed by atoms with Crippen LogP contribution >= 0.6 is 11.6 Å². The van der Waals surface area contributed by atoms with Crippen LogP contribution in [0.25, 0.3) is 0 Å². The molecule has 7 nitrogen and oxygen atoms in total. The van der Waals surface area contributed by atoms with Crippen molar-refractivity contribution in [1.29, 1.82) is 0 Å². The lowest BCUT2D eigenvalue weighted by atomic mass is 10.2. The Bertz CT molecular complexity index is 715. The van der Waals surface area contributed by atoms with Crippen LogP contribution in [0, 0.1) is 0 Å². The Balaban J connectivity index is 1.42. The Hall–Kier alpha value is -2.09. The number of morpholine rings is 1. The summed E-state index contributed by atoms with van der Waals surface area (Å²) >= 11 is 5.85. The van der Waals surface area contributed by atoms with Gasteiger partial charge >= 0.3 is 0 Å². The summed E-state index contributed by atoms with van der Waals surface area (Å²) in [4.78, 5) is 11.3. The third-order valence-corrected chi connectivity index (χ3v) is 4.97. The minimum atomic E-state index is 0.517. The fraction of sp³-hybridized carbons (Fsp3) is 0.524. The highest BCUT2D eigenvalue weighted by atomic mass is 35.5. The zero-order chi connectivity index (χ0) is 20.2. The lowest BCUT2D eigenvalue weighted by molar-refractivity contribution is 0.0377. The number of hydrogen-bond acceptors (Lipinski definition) is 5. The number of halogens is 1. The van der Waals surface area contributed by atoms with Crippen LogP contribution in [0.1, 0.15) is 17.7 Å². The highest BCUT2D eigenvalue weighted by molar-refractivity contribution is 6.29. The van der Waals surface area contributed by atoms with E-state index in [1.165, 1.54) is 0 Å². The summed E-state index contributed by atoms with van der Waals surface area (Å²) in [5.41, 5.74) is 1.14. The molecule has 0 radical (unpaired) electrons. The van der Waals surface area contributed by atoms with Gasteiger partial charge in [0.25, 0.3) is 0 Å². The van der Waals surface area contributed by atoms with Crippen molar-refractivity contribution in [3.63, 3.8) is 0 Å². The van der Waals surface area contributed by atoms with Crippen molar-refractivity contribution < 1.29 is 9.15 Å². The first-order valence-corrected chi connectivity index (χ1v) is 10.6. The molecule has 0 aromatic carbocycles. The van der Waals surface area contributed by atoms with Gasteiger partial charge in [-0.1, -0.05) is 17.7 Å². The Kier molecular flexibility index (Phi) is 9.29. The second-order valence-electron chi connectivity index (χ2n) is 6.96. The Morgan fingerprint density at radius 2 is 1.97 bits per heavy atom. The summed E-state index contributed by atoms with van der Waals surface area (Å²) in [5.74, 6) is 1.80. The van der Waals surface area contributed by atoms with Crippen molar-refractivity contribution in [2.75, 3.05) is 52.5 Å². The third-order valence-electron chi connectivity index (χ3n) is 4.74. The van der Waals surface area contributed by atoms with E-state index in [1.54, 1.807) is 6.26 Å². The topological polar surface area (TPSA) is 74.9 Å². The first kappa shape index (κ1) is 21.6. The Morgan fingerprint density at radius 3 is 2.69 bits per heavy atom. The van der Waals surface area contributed by atoms with Crippen LogP contribution in [0.15, 0.2) is 46.1 Å². The summed E-state index contributed by atoms with van der Waals surface area (Å²) in [6.45, 7) is 7.11. The minimum absolute atomic E-state index is 0.517. The smallest absolute Gasteiger partial charge is 0.191 e. The van der Waals surface area contributed by atoms with Gasteiger partial charge in [-0.2, -0.15) is 0 Å². The van der Waals surface area contributed by atoms with Gasteiger partial charge in [-0.05, 0) is 36.6 Å². The fourth-order valence-electron chi connectivity index (χ4n) is 3.12. The molecule has 0 spiro atoms. The molecule has 0 bridgehead atoms. The van der Waals surface area contributed by atoms with E-state index >= 15 is 0 Å². The van der Waals surface area contributed by atoms with Crippen molar-refractivity contribution in [2.24, 2.45) is 4.99 Å². The van der Waals surface area contributed by atoms with Gasteiger partial charge in [-0.3, -0.25) is 9.89 Å². The number of pyridine rings is 1. The first-order valence-electron chi connectivity index (χ1n) is 10.2. The molecule has 1 fully saturated rings. The Labute approximate surface area is 177 Å². The third kappa shape index (κ3) is 8.43. The van der Waals surface area contributed by atoms with Crippen LogP contribution < -0.4 is 10.6 Å². The van der Waals surface area contributed by atoms with Gasteiger partial charge in [-0.15, -0.1) is 0 Å². The number of furan rings is 1. The van der Waals surface area contributed by atoms with E-state index in [4.69, 9.17) is 25.7 Å². The van der Waals surface area contributed by atoms with E-state index < -0.39 is 0 Å². The lowest BCUT2D eigenvalue weighted by Gasteiger charge is -2.26. The first-order chi connectivity index (χ1) is 14.3. The molecule has 1 saturated heterocycles. The van der Waals surface area contributed by atoms with E-state index in [-0.39, 0.29) is 0 Å². The number of nitrogens with one attached hydrogen (secondary N) is 2. The highest BCUT2D eigenvalue weighted by Crippen LogP contribution is 2.05. The molecule has 2 aromatic heterocycles. The molecule has 3 rings (SSSR count). The van der Waals surface area contributed by atoms with Crippen LogP contribution in [0.3, 0.4) is 0 Å². The molecule has 0 aliphatic carbocycles. The SMILES string of the molecule is Clc1ccc(CCNC(=NCCCN2CCOCC2)NCCc2ccco2)cn1. The van der Waals surface area contributed by atoms with Gasteiger partial charge in [0.2, 0.25) is 0 Å². The summed E-state index contributed by atoms with van der Waals surface area (Å²) in [6.07, 6.45) is 6.23. The normalized spacial score (nSPS) is 15.4. The average molecular weight is 420 g/mol.